The lowest BCUT2D eigenvalue weighted by atomic mass is 10.0. The summed E-state index contributed by atoms with van der Waals surface area (Å²) in [5.41, 5.74) is 2.52. The molecule has 150 valence electrons. The van der Waals surface area contributed by atoms with Crippen molar-refractivity contribution in [1.82, 2.24) is 9.62 Å². The summed E-state index contributed by atoms with van der Waals surface area (Å²) < 4.78 is 37.1. The van der Waals surface area contributed by atoms with Crippen LogP contribution in [-0.4, -0.2) is 51.7 Å². The van der Waals surface area contributed by atoms with Gasteiger partial charge in [0.05, 0.1) is 20.0 Å². The van der Waals surface area contributed by atoms with Crippen LogP contribution in [0.3, 0.4) is 0 Å². The maximum absolute atomic E-state index is 12.7. The van der Waals surface area contributed by atoms with E-state index < -0.39 is 10.0 Å². The van der Waals surface area contributed by atoms with Gasteiger partial charge in [-0.05, 0) is 47.9 Å². The number of nitrogens with one attached hydrogen (secondary N) is 1. The molecule has 0 fully saturated rings. The number of fused-ring (bicyclic) bond motifs is 1. The van der Waals surface area contributed by atoms with Crippen molar-refractivity contribution in [3.63, 3.8) is 0 Å². The van der Waals surface area contributed by atoms with Gasteiger partial charge in [0.15, 0.2) is 0 Å². The molecule has 0 bridgehead atoms. The van der Waals surface area contributed by atoms with Crippen LogP contribution >= 0.6 is 0 Å². The second-order valence-corrected chi connectivity index (χ2v) is 8.61. The van der Waals surface area contributed by atoms with Crippen LogP contribution in [0.4, 0.5) is 0 Å². The molecule has 0 atom stereocenters. The number of amides is 1. The average Bonchev–Trinajstić information content (AvgIpc) is 2.72. The van der Waals surface area contributed by atoms with E-state index in [1.54, 1.807) is 31.4 Å². The molecule has 0 aliphatic carbocycles. The van der Waals surface area contributed by atoms with Crippen LogP contribution in [0.5, 0.6) is 11.5 Å². The molecule has 0 saturated carbocycles. The van der Waals surface area contributed by atoms with Crippen LogP contribution in [-0.2, 0) is 23.0 Å². The van der Waals surface area contributed by atoms with E-state index in [2.05, 4.69) is 5.32 Å². The molecule has 1 heterocycles. The number of methoxy groups -OCH3 is 2. The van der Waals surface area contributed by atoms with Gasteiger partial charge < -0.3 is 14.8 Å². The normalized spacial score (nSPS) is 14.2. The highest BCUT2D eigenvalue weighted by Crippen LogP contribution is 2.25. The molecule has 0 unspecified atom stereocenters. The maximum atomic E-state index is 12.7. The zero-order chi connectivity index (χ0) is 20.1. The first-order valence-corrected chi connectivity index (χ1v) is 10.6. The van der Waals surface area contributed by atoms with Crippen LogP contribution in [0.15, 0.2) is 42.5 Å². The molecule has 8 heteroatoms. The fourth-order valence-electron chi connectivity index (χ4n) is 3.16. The zero-order valence-electron chi connectivity index (χ0n) is 16.0. The molecule has 0 spiro atoms. The van der Waals surface area contributed by atoms with Crippen LogP contribution in [0, 0.1) is 0 Å². The maximum Gasteiger partial charge on any atom is 0.251 e. The lowest BCUT2D eigenvalue weighted by molar-refractivity contribution is 0.0955. The number of benzene rings is 2. The van der Waals surface area contributed by atoms with Gasteiger partial charge in [-0.1, -0.05) is 12.1 Å². The number of sulfonamides is 1. The topological polar surface area (TPSA) is 84.9 Å². The molecular weight excluding hydrogens is 380 g/mol. The first-order chi connectivity index (χ1) is 13.4. The molecule has 1 aliphatic rings. The van der Waals surface area contributed by atoms with Gasteiger partial charge in [-0.3, -0.25) is 4.79 Å². The van der Waals surface area contributed by atoms with E-state index in [9.17, 15) is 13.2 Å². The summed E-state index contributed by atoms with van der Waals surface area (Å²) >= 11 is 0. The van der Waals surface area contributed by atoms with Crippen LogP contribution in [0.1, 0.15) is 21.5 Å². The quantitative estimate of drug-likeness (QED) is 0.761. The lowest BCUT2D eigenvalue weighted by Crippen LogP contribution is -2.40. The third-order valence-corrected chi connectivity index (χ3v) is 6.58. The minimum atomic E-state index is -3.47. The predicted octanol–water partition coefficient (Wildman–Crippen LogP) is 1.82. The Kier molecular flexibility index (Phi) is 6.21. The van der Waals surface area contributed by atoms with Crippen molar-refractivity contribution in [1.29, 1.82) is 0 Å². The van der Waals surface area contributed by atoms with E-state index in [-0.39, 0.29) is 18.2 Å². The fourth-order valence-corrected chi connectivity index (χ4v) is 4.48. The number of ether oxygens (including phenoxy) is 2. The SMILES string of the molecule is COc1cccc(C(=O)NCCS(=O)(=O)N2CCc3cc(OC)ccc3C2)c1. The van der Waals surface area contributed by atoms with Gasteiger partial charge in [-0.15, -0.1) is 0 Å². The third-order valence-electron chi connectivity index (χ3n) is 4.76. The summed E-state index contributed by atoms with van der Waals surface area (Å²) in [6.07, 6.45) is 0.641. The number of carbonyl (C=O) groups excluding carboxylic acids is 1. The summed E-state index contributed by atoms with van der Waals surface area (Å²) in [5, 5.41) is 2.66. The van der Waals surface area contributed by atoms with Crippen molar-refractivity contribution >= 4 is 15.9 Å². The Morgan fingerprint density at radius 2 is 1.82 bits per heavy atom. The van der Waals surface area contributed by atoms with Crippen LogP contribution in [0.25, 0.3) is 0 Å². The van der Waals surface area contributed by atoms with Crippen molar-refractivity contribution in [2.24, 2.45) is 0 Å². The van der Waals surface area contributed by atoms with Gasteiger partial charge in [-0.2, -0.15) is 4.31 Å². The number of hydrogen-bond donors (Lipinski definition) is 1. The lowest BCUT2D eigenvalue weighted by Gasteiger charge is -2.28. The molecule has 2 aromatic rings. The van der Waals surface area contributed by atoms with Crippen molar-refractivity contribution in [2.45, 2.75) is 13.0 Å². The van der Waals surface area contributed by atoms with Crippen molar-refractivity contribution in [2.75, 3.05) is 33.1 Å². The summed E-state index contributed by atoms with van der Waals surface area (Å²) in [4.78, 5) is 12.2. The highest BCUT2D eigenvalue weighted by molar-refractivity contribution is 7.89. The van der Waals surface area contributed by atoms with Crippen molar-refractivity contribution in [3.05, 3.63) is 59.2 Å². The van der Waals surface area contributed by atoms with Gasteiger partial charge in [0.1, 0.15) is 11.5 Å². The van der Waals surface area contributed by atoms with Gasteiger partial charge in [0.2, 0.25) is 10.0 Å². The molecule has 0 aromatic heterocycles. The van der Waals surface area contributed by atoms with Crippen LogP contribution < -0.4 is 14.8 Å². The van der Waals surface area contributed by atoms with E-state index in [0.29, 0.717) is 30.8 Å². The number of carbonyl (C=O) groups is 1. The molecule has 2 aromatic carbocycles. The highest BCUT2D eigenvalue weighted by Gasteiger charge is 2.26. The Morgan fingerprint density at radius 3 is 2.57 bits per heavy atom. The zero-order valence-corrected chi connectivity index (χ0v) is 16.8. The molecule has 1 aliphatic heterocycles. The minimum Gasteiger partial charge on any atom is -0.497 e. The molecule has 1 N–H and O–H groups in total. The molecule has 1 amide bonds. The number of rotatable bonds is 7. The smallest absolute Gasteiger partial charge is 0.251 e. The van der Waals surface area contributed by atoms with Gasteiger partial charge in [0, 0.05) is 25.2 Å². The number of hydrogen-bond acceptors (Lipinski definition) is 5. The molecule has 0 saturated heterocycles. The second-order valence-electron chi connectivity index (χ2n) is 6.52. The van der Waals surface area contributed by atoms with E-state index >= 15 is 0 Å². The van der Waals surface area contributed by atoms with Gasteiger partial charge in [-0.25, -0.2) is 8.42 Å². The average molecular weight is 404 g/mol. The van der Waals surface area contributed by atoms with E-state index in [0.717, 1.165) is 16.9 Å². The van der Waals surface area contributed by atoms with E-state index in [1.165, 1.54) is 11.4 Å². The van der Waals surface area contributed by atoms with Gasteiger partial charge in [0.25, 0.3) is 5.91 Å². The van der Waals surface area contributed by atoms with Crippen molar-refractivity contribution < 1.29 is 22.7 Å². The predicted molar refractivity (Wildman–Crippen MR) is 106 cm³/mol. The van der Waals surface area contributed by atoms with E-state index in [4.69, 9.17) is 9.47 Å². The first kappa shape index (κ1) is 20.2. The fraction of sp³-hybridized carbons (Fsp3) is 0.350. The summed E-state index contributed by atoms with van der Waals surface area (Å²) in [6, 6.07) is 12.4. The Bertz CT molecular complexity index is 959. The van der Waals surface area contributed by atoms with E-state index in [1.807, 2.05) is 18.2 Å². The second kappa shape index (κ2) is 8.62. The molecule has 0 radical (unpaired) electrons. The Balaban J connectivity index is 1.57. The Hall–Kier alpha value is -2.58. The first-order valence-electron chi connectivity index (χ1n) is 8.99. The molecular formula is C20H24N2O5S. The molecule has 28 heavy (non-hydrogen) atoms. The molecule has 7 nitrogen and oxygen atoms in total. The van der Waals surface area contributed by atoms with Crippen LogP contribution in [0.2, 0.25) is 0 Å². The van der Waals surface area contributed by atoms with Crippen molar-refractivity contribution in [3.8, 4) is 11.5 Å². The summed E-state index contributed by atoms with van der Waals surface area (Å²) in [5.74, 6) is 0.873. The number of nitrogens with zero attached hydrogens (tertiary/aromatic N) is 1. The summed E-state index contributed by atoms with van der Waals surface area (Å²) in [7, 11) is -0.333. The minimum absolute atomic E-state index is 0.0460. The molecule has 3 rings (SSSR count). The standard InChI is InChI=1S/C20H24N2O5S/c1-26-18-5-3-4-16(13-18)20(23)21-9-11-28(24,25)22-10-8-15-12-19(27-2)7-6-17(15)14-22/h3-7,12-13H,8-11,14H2,1-2H3,(H,21,23). The highest BCUT2D eigenvalue weighted by atomic mass is 32.2. The monoisotopic (exact) mass is 404 g/mol. The van der Waals surface area contributed by atoms with Gasteiger partial charge >= 0.3 is 0 Å². The summed E-state index contributed by atoms with van der Waals surface area (Å²) in [6.45, 7) is 0.808. The third kappa shape index (κ3) is 4.63. The Labute approximate surface area is 165 Å². The largest absolute Gasteiger partial charge is 0.497 e. The Morgan fingerprint density at radius 1 is 1.07 bits per heavy atom.